The maximum absolute atomic E-state index is 14.3. The molecule has 0 radical (unpaired) electrons. The maximum atomic E-state index is 14.3. The first-order valence-electron chi connectivity index (χ1n) is 9.01. The number of aromatic amines is 1. The molecule has 4 aromatic rings. The first-order valence-corrected chi connectivity index (χ1v) is 9.83. The molecule has 0 aliphatic carbocycles. The molecular formula is C20H13F4N3O4S. The number of nitrogens with zero attached hydrogens (tertiary/aromatic N) is 2. The molecule has 0 unspecified atom stereocenters. The van der Waals surface area contributed by atoms with E-state index >= 15 is 0 Å². The summed E-state index contributed by atoms with van der Waals surface area (Å²) in [5.41, 5.74) is -0.139. The number of rotatable bonds is 5. The zero-order valence-corrected chi connectivity index (χ0v) is 17.0. The second-order valence-electron chi connectivity index (χ2n) is 6.66. The normalized spacial score (nSPS) is 11.7. The zero-order chi connectivity index (χ0) is 23.0. The summed E-state index contributed by atoms with van der Waals surface area (Å²) >= 11 is 1.07. The summed E-state index contributed by atoms with van der Waals surface area (Å²) < 4.78 is 63.1. The predicted molar refractivity (Wildman–Crippen MR) is 105 cm³/mol. The van der Waals surface area contributed by atoms with Gasteiger partial charge in [-0.2, -0.15) is 17.9 Å². The van der Waals surface area contributed by atoms with Crippen LogP contribution in [0.3, 0.4) is 0 Å². The average Bonchev–Trinajstić information content (AvgIpc) is 3.30. The number of thiazole rings is 1. The van der Waals surface area contributed by atoms with Crippen molar-refractivity contribution in [1.82, 2.24) is 10.1 Å². The lowest BCUT2D eigenvalue weighted by molar-refractivity contribution is -0.596. The number of nitrogens with one attached hydrogen (secondary N) is 1. The van der Waals surface area contributed by atoms with Gasteiger partial charge < -0.3 is 9.94 Å². The zero-order valence-electron chi connectivity index (χ0n) is 16.2. The van der Waals surface area contributed by atoms with Gasteiger partial charge in [-0.05, 0) is 36.4 Å². The molecule has 0 saturated carbocycles. The molecule has 166 valence electrons. The molecule has 0 saturated heterocycles. The fourth-order valence-corrected chi connectivity index (χ4v) is 3.94. The Balaban J connectivity index is 1.52. The molecule has 0 aliphatic rings. The number of hydrogen-bond donors (Lipinski definition) is 1. The van der Waals surface area contributed by atoms with Gasteiger partial charge in [0.2, 0.25) is 5.69 Å². The molecule has 4 rings (SSSR count). The standard InChI is InChI=1S/C20H13F4N3O4S/c1-10-16(32-18(27(10)29)11-2-4-12(5-3-11)20(22,23)24)9-30-13-6-7-14(15(21)8-13)17-25-19(28)31-26-17/h2-8H,9H2,1H3,(H,25,26,28). The van der Waals surface area contributed by atoms with Crippen LogP contribution in [0.5, 0.6) is 5.75 Å². The molecule has 0 bridgehead atoms. The molecule has 12 heteroatoms. The van der Waals surface area contributed by atoms with E-state index in [1.165, 1.54) is 24.3 Å². The summed E-state index contributed by atoms with van der Waals surface area (Å²) in [6.07, 6.45) is -4.47. The van der Waals surface area contributed by atoms with E-state index in [4.69, 9.17) is 4.74 Å². The van der Waals surface area contributed by atoms with E-state index in [0.717, 1.165) is 29.5 Å². The summed E-state index contributed by atoms with van der Waals surface area (Å²) in [4.78, 5) is 13.8. The van der Waals surface area contributed by atoms with Crippen molar-refractivity contribution in [3.05, 3.63) is 80.2 Å². The number of aromatic nitrogens is 3. The smallest absolute Gasteiger partial charge is 0.439 e. The van der Waals surface area contributed by atoms with Crippen molar-refractivity contribution in [2.24, 2.45) is 0 Å². The minimum atomic E-state index is -4.47. The van der Waals surface area contributed by atoms with Gasteiger partial charge in [0.25, 0.3) is 5.01 Å². The Labute approximate surface area is 181 Å². The van der Waals surface area contributed by atoms with Gasteiger partial charge in [0.1, 0.15) is 23.1 Å². The van der Waals surface area contributed by atoms with Gasteiger partial charge in [-0.25, -0.2) is 9.18 Å². The van der Waals surface area contributed by atoms with Crippen LogP contribution in [0, 0.1) is 17.9 Å². The van der Waals surface area contributed by atoms with Crippen molar-refractivity contribution < 1.29 is 31.6 Å². The Kier molecular flexibility index (Phi) is 5.46. The average molecular weight is 467 g/mol. The third-order valence-electron chi connectivity index (χ3n) is 4.58. The minimum Gasteiger partial charge on any atom is -0.617 e. The van der Waals surface area contributed by atoms with Crippen LogP contribution in [0.25, 0.3) is 22.0 Å². The van der Waals surface area contributed by atoms with Crippen molar-refractivity contribution in [3.8, 4) is 27.7 Å². The number of H-pyrrole nitrogens is 1. The van der Waals surface area contributed by atoms with Gasteiger partial charge >= 0.3 is 11.9 Å². The molecule has 0 atom stereocenters. The lowest BCUT2D eigenvalue weighted by Gasteiger charge is -2.06. The topological polar surface area (TPSA) is 95.1 Å². The van der Waals surface area contributed by atoms with Crippen LogP contribution in [0.1, 0.15) is 16.1 Å². The molecule has 0 aliphatic heterocycles. The van der Waals surface area contributed by atoms with Crippen molar-refractivity contribution in [2.75, 3.05) is 0 Å². The Hall–Kier alpha value is -3.67. The van der Waals surface area contributed by atoms with Crippen LogP contribution in [-0.2, 0) is 12.8 Å². The Morgan fingerprint density at radius 2 is 1.94 bits per heavy atom. The Morgan fingerprint density at radius 3 is 2.53 bits per heavy atom. The number of ether oxygens (including phenoxy) is 1. The molecule has 0 fully saturated rings. The SMILES string of the molecule is Cc1c(COc2ccc(-c3noc(=O)[nH]3)c(F)c2)sc(-c2ccc(C(F)(F)F)cc2)[n+]1[O-]. The third-order valence-corrected chi connectivity index (χ3v) is 5.83. The van der Waals surface area contributed by atoms with Gasteiger partial charge in [0, 0.05) is 13.0 Å². The largest absolute Gasteiger partial charge is 0.617 e. The van der Waals surface area contributed by atoms with Crippen LogP contribution in [0.2, 0.25) is 0 Å². The summed E-state index contributed by atoms with van der Waals surface area (Å²) in [6.45, 7) is 1.50. The van der Waals surface area contributed by atoms with Crippen LogP contribution in [-0.4, -0.2) is 10.1 Å². The first-order chi connectivity index (χ1) is 15.1. The number of alkyl halides is 3. The van der Waals surface area contributed by atoms with Gasteiger partial charge in [-0.15, -0.1) is 0 Å². The van der Waals surface area contributed by atoms with Crippen molar-refractivity contribution in [1.29, 1.82) is 0 Å². The molecule has 2 aromatic heterocycles. The van der Waals surface area contributed by atoms with E-state index < -0.39 is 23.3 Å². The van der Waals surface area contributed by atoms with Gasteiger partial charge in [-0.3, -0.25) is 9.51 Å². The van der Waals surface area contributed by atoms with Crippen LogP contribution in [0.15, 0.2) is 51.8 Å². The van der Waals surface area contributed by atoms with Crippen LogP contribution in [0.4, 0.5) is 17.6 Å². The van der Waals surface area contributed by atoms with E-state index in [9.17, 15) is 27.6 Å². The summed E-state index contributed by atoms with van der Waals surface area (Å²) in [5.74, 6) is -1.43. The van der Waals surface area contributed by atoms with E-state index in [1.807, 2.05) is 0 Å². The molecule has 2 heterocycles. The van der Waals surface area contributed by atoms with Crippen LogP contribution >= 0.6 is 11.3 Å². The van der Waals surface area contributed by atoms with E-state index in [1.54, 1.807) is 6.92 Å². The predicted octanol–water partition coefficient (Wildman–Crippen LogP) is 4.44. The lowest BCUT2D eigenvalue weighted by Crippen LogP contribution is -2.29. The van der Waals surface area contributed by atoms with E-state index in [-0.39, 0.29) is 28.8 Å². The summed E-state index contributed by atoms with van der Waals surface area (Å²) in [7, 11) is 0. The number of hydrogen-bond acceptors (Lipinski definition) is 6. The minimum absolute atomic E-state index is 0.0116. The molecule has 2 aromatic carbocycles. The van der Waals surface area contributed by atoms with E-state index in [2.05, 4.69) is 14.7 Å². The quantitative estimate of drug-likeness (QED) is 0.266. The maximum Gasteiger partial charge on any atom is 0.439 e. The fraction of sp³-hybridized carbons (Fsp3) is 0.150. The highest BCUT2D eigenvalue weighted by Crippen LogP contribution is 2.33. The highest BCUT2D eigenvalue weighted by molar-refractivity contribution is 7.14. The lowest BCUT2D eigenvalue weighted by atomic mass is 10.1. The Bertz CT molecular complexity index is 1330. The summed E-state index contributed by atoms with van der Waals surface area (Å²) in [6, 6.07) is 8.18. The van der Waals surface area contributed by atoms with Crippen molar-refractivity contribution in [2.45, 2.75) is 19.7 Å². The second kappa shape index (κ2) is 8.11. The van der Waals surface area contributed by atoms with Crippen LogP contribution < -0.4 is 15.2 Å². The summed E-state index contributed by atoms with van der Waals surface area (Å²) in [5, 5.41) is 16.1. The second-order valence-corrected chi connectivity index (χ2v) is 7.74. The first kappa shape index (κ1) is 21.6. The van der Waals surface area contributed by atoms with Crippen molar-refractivity contribution in [3.63, 3.8) is 0 Å². The van der Waals surface area contributed by atoms with E-state index in [0.29, 0.717) is 20.9 Å². The molecular weight excluding hydrogens is 454 g/mol. The molecule has 0 spiro atoms. The molecule has 1 N–H and O–H groups in total. The third kappa shape index (κ3) is 4.21. The molecule has 7 nitrogen and oxygen atoms in total. The fourth-order valence-electron chi connectivity index (χ4n) is 2.88. The van der Waals surface area contributed by atoms with Crippen molar-refractivity contribution >= 4 is 11.3 Å². The molecule has 0 amide bonds. The highest BCUT2D eigenvalue weighted by atomic mass is 32.1. The Morgan fingerprint density at radius 1 is 1.22 bits per heavy atom. The highest BCUT2D eigenvalue weighted by Gasteiger charge is 2.30. The molecule has 32 heavy (non-hydrogen) atoms. The van der Waals surface area contributed by atoms with Gasteiger partial charge in [0.05, 0.1) is 16.7 Å². The monoisotopic (exact) mass is 467 g/mol. The number of benzene rings is 2. The van der Waals surface area contributed by atoms with Gasteiger partial charge in [-0.1, -0.05) is 16.5 Å². The van der Waals surface area contributed by atoms with Gasteiger partial charge in [0.15, 0.2) is 5.82 Å². The number of halogens is 4.